The topological polar surface area (TPSA) is 95.6 Å². The second kappa shape index (κ2) is 6.68. The van der Waals surface area contributed by atoms with Gasteiger partial charge in [-0.1, -0.05) is 35.3 Å². The highest BCUT2D eigenvalue weighted by Crippen LogP contribution is 2.40. The van der Waals surface area contributed by atoms with Crippen LogP contribution in [0.2, 0.25) is 10.0 Å². The van der Waals surface area contributed by atoms with Gasteiger partial charge in [-0.15, -0.1) is 10.2 Å². The normalized spacial score (nSPS) is 11.8. The van der Waals surface area contributed by atoms with Gasteiger partial charge < -0.3 is 14.7 Å². The standard InChI is InChI=1S/C18H13Cl2N5O2/c1-9-21-13-4-2-3-5-14(13)25(9)8-15(26)23-24-17-11-6-10(19)7-12(20)16(11)22-18(17)27/h2-7,22,27H,8H2,1H3. The van der Waals surface area contributed by atoms with Crippen LogP contribution >= 0.6 is 23.2 Å². The summed E-state index contributed by atoms with van der Waals surface area (Å²) in [5, 5.41) is 18.9. The smallest absolute Gasteiger partial charge is 0.284 e. The molecule has 2 aromatic carbocycles. The van der Waals surface area contributed by atoms with E-state index < -0.39 is 5.91 Å². The maximum atomic E-state index is 12.3. The van der Waals surface area contributed by atoms with Crippen LogP contribution < -0.4 is 0 Å². The van der Waals surface area contributed by atoms with Gasteiger partial charge in [0.05, 0.1) is 21.6 Å². The number of fused-ring (bicyclic) bond motifs is 2. The number of carbonyl (C=O) groups is 1. The van der Waals surface area contributed by atoms with Gasteiger partial charge in [-0.3, -0.25) is 4.79 Å². The van der Waals surface area contributed by atoms with Crippen LogP contribution in [0.25, 0.3) is 21.9 Å². The van der Waals surface area contributed by atoms with Crippen LogP contribution in [0.5, 0.6) is 5.88 Å². The van der Waals surface area contributed by atoms with Crippen molar-refractivity contribution < 1.29 is 9.90 Å². The van der Waals surface area contributed by atoms with Gasteiger partial charge in [-0.05, 0) is 31.2 Å². The van der Waals surface area contributed by atoms with Crippen LogP contribution in [-0.4, -0.2) is 25.5 Å². The number of azo groups is 1. The summed E-state index contributed by atoms with van der Waals surface area (Å²) < 4.78 is 1.76. The van der Waals surface area contributed by atoms with Crippen LogP contribution in [0, 0.1) is 6.92 Å². The molecule has 27 heavy (non-hydrogen) atoms. The van der Waals surface area contributed by atoms with Gasteiger partial charge in [0, 0.05) is 10.4 Å². The number of aromatic amines is 1. The molecule has 0 aliphatic rings. The summed E-state index contributed by atoms with van der Waals surface area (Å²) in [5.74, 6) is -0.0219. The van der Waals surface area contributed by atoms with Crippen LogP contribution in [0.15, 0.2) is 46.6 Å². The zero-order valence-corrected chi connectivity index (χ0v) is 15.6. The van der Waals surface area contributed by atoms with Gasteiger partial charge in [0.25, 0.3) is 5.91 Å². The zero-order chi connectivity index (χ0) is 19.1. The van der Waals surface area contributed by atoms with Crippen molar-refractivity contribution in [2.75, 3.05) is 0 Å². The monoisotopic (exact) mass is 401 g/mol. The predicted octanol–water partition coefficient (Wildman–Crippen LogP) is 5.15. The predicted molar refractivity (Wildman–Crippen MR) is 104 cm³/mol. The molecule has 0 aliphatic carbocycles. The molecule has 2 N–H and O–H groups in total. The maximum Gasteiger partial charge on any atom is 0.284 e. The number of amides is 1. The Labute approximate surface area is 163 Å². The number of benzene rings is 2. The van der Waals surface area contributed by atoms with Gasteiger partial charge in [-0.2, -0.15) is 0 Å². The van der Waals surface area contributed by atoms with Gasteiger partial charge in [0.2, 0.25) is 5.88 Å². The minimum absolute atomic E-state index is 0.0134. The first kappa shape index (κ1) is 17.5. The van der Waals surface area contributed by atoms with E-state index in [1.165, 1.54) is 0 Å². The molecule has 0 fully saturated rings. The second-order valence-corrected chi connectivity index (χ2v) is 6.80. The molecular weight excluding hydrogens is 389 g/mol. The average Bonchev–Trinajstić information content (AvgIpc) is 3.10. The molecule has 0 unspecified atom stereocenters. The number of nitrogens with zero attached hydrogens (tertiary/aromatic N) is 4. The number of hydrogen-bond donors (Lipinski definition) is 2. The number of imidazole rings is 1. The number of nitrogens with one attached hydrogen (secondary N) is 1. The molecular formula is C18H13Cl2N5O2. The fraction of sp³-hybridized carbons (Fsp3) is 0.111. The molecule has 0 saturated carbocycles. The molecule has 0 radical (unpaired) electrons. The molecule has 136 valence electrons. The van der Waals surface area contributed by atoms with E-state index in [2.05, 4.69) is 20.2 Å². The fourth-order valence-electron chi connectivity index (χ4n) is 2.96. The van der Waals surface area contributed by atoms with Gasteiger partial charge >= 0.3 is 0 Å². The minimum Gasteiger partial charge on any atom is -0.493 e. The quantitative estimate of drug-likeness (QED) is 0.464. The zero-order valence-electron chi connectivity index (χ0n) is 14.1. The lowest BCUT2D eigenvalue weighted by Crippen LogP contribution is -2.08. The molecule has 9 heteroatoms. The van der Waals surface area contributed by atoms with Crippen LogP contribution in [0.1, 0.15) is 5.82 Å². The van der Waals surface area contributed by atoms with Crippen LogP contribution in [-0.2, 0) is 11.3 Å². The van der Waals surface area contributed by atoms with Crippen molar-refractivity contribution in [3.63, 3.8) is 0 Å². The number of aryl methyl sites for hydroxylation is 1. The number of carbonyl (C=O) groups excluding carboxylic acids is 1. The number of para-hydroxylation sites is 2. The average molecular weight is 402 g/mol. The summed E-state index contributed by atoms with van der Waals surface area (Å²) >= 11 is 12.1. The molecule has 2 aromatic heterocycles. The molecule has 1 amide bonds. The fourth-order valence-corrected chi connectivity index (χ4v) is 3.50. The van der Waals surface area contributed by atoms with Crippen molar-refractivity contribution in [2.24, 2.45) is 10.2 Å². The molecule has 0 atom stereocenters. The van der Waals surface area contributed by atoms with Gasteiger partial charge in [0.1, 0.15) is 12.4 Å². The Bertz CT molecular complexity index is 1230. The van der Waals surface area contributed by atoms with Crippen molar-refractivity contribution in [3.8, 4) is 5.88 Å². The lowest BCUT2D eigenvalue weighted by molar-refractivity contribution is -0.118. The summed E-state index contributed by atoms with van der Waals surface area (Å²) in [6, 6.07) is 10.7. The number of H-pyrrole nitrogens is 1. The third-order valence-corrected chi connectivity index (χ3v) is 4.69. The number of rotatable bonds is 3. The highest BCUT2D eigenvalue weighted by Gasteiger charge is 2.15. The number of aromatic hydroxyl groups is 1. The van der Waals surface area contributed by atoms with Crippen molar-refractivity contribution >= 4 is 56.7 Å². The first-order valence-corrected chi connectivity index (χ1v) is 8.76. The van der Waals surface area contributed by atoms with E-state index in [1.54, 1.807) is 16.7 Å². The minimum atomic E-state index is -0.483. The van der Waals surface area contributed by atoms with Gasteiger partial charge in [-0.25, -0.2) is 4.98 Å². The number of halogens is 2. The molecule has 0 saturated heterocycles. The van der Waals surface area contributed by atoms with E-state index >= 15 is 0 Å². The van der Waals surface area contributed by atoms with Crippen LogP contribution in [0.4, 0.5) is 5.69 Å². The molecule has 0 aliphatic heterocycles. The SMILES string of the molecule is Cc1nc2ccccc2n1CC(=O)N=Nc1c(O)[nH]c2c(Cl)cc(Cl)cc12. The Balaban J connectivity index is 1.65. The van der Waals surface area contributed by atoms with Crippen molar-refractivity contribution in [1.29, 1.82) is 0 Å². The van der Waals surface area contributed by atoms with E-state index in [9.17, 15) is 9.90 Å². The van der Waals surface area contributed by atoms with Crippen molar-refractivity contribution in [1.82, 2.24) is 14.5 Å². The molecule has 7 nitrogen and oxygen atoms in total. The van der Waals surface area contributed by atoms with Crippen LogP contribution in [0.3, 0.4) is 0 Å². The first-order valence-electron chi connectivity index (χ1n) is 8.00. The van der Waals surface area contributed by atoms with E-state index in [-0.39, 0.29) is 18.1 Å². The Kier molecular flexibility index (Phi) is 4.33. The van der Waals surface area contributed by atoms with E-state index in [0.717, 1.165) is 11.0 Å². The Morgan fingerprint density at radius 3 is 2.89 bits per heavy atom. The summed E-state index contributed by atoms with van der Waals surface area (Å²) in [4.78, 5) is 19.5. The largest absolute Gasteiger partial charge is 0.493 e. The lowest BCUT2D eigenvalue weighted by Gasteiger charge is -2.02. The molecule has 4 rings (SSSR count). The lowest BCUT2D eigenvalue weighted by atomic mass is 10.2. The molecule has 0 bridgehead atoms. The highest BCUT2D eigenvalue weighted by molar-refractivity contribution is 6.38. The Morgan fingerprint density at radius 1 is 1.30 bits per heavy atom. The first-order chi connectivity index (χ1) is 12.9. The maximum absolute atomic E-state index is 12.3. The molecule has 4 aromatic rings. The molecule has 0 spiro atoms. The number of aromatic nitrogens is 3. The Morgan fingerprint density at radius 2 is 2.07 bits per heavy atom. The van der Waals surface area contributed by atoms with Gasteiger partial charge in [0.15, 0.2) is 5.69 Å². The summed E-state index contributed by atoms with van der Waals surface area (Å²) in [5.41, 5.74) is 2.22. The van der Waals surface area contributed by atoms with E-state index in [0.29, 0.717) is 26.8 Å². The highest BCUT2D eigenvalue weighted by atomic mass is 35.5. The third kappa shape index (κ3) is 3.15. The Hall–Kier alpha value is -2.90. The second-order valence-electron chi connectivity index (χ2n) is 5.96. The summed E-state index contributed by atoms with van der Waals surface area (Å²) in [7, 11) is 0. The van der Waals surface area contributed by atoms with E-state index in [1.807, 2.05) is 31.2 Å². The van der Waals surface area contributed by atoms with E-state index in [4.69, 9.17) is 23.2 Å². The van der Waals surface area contributed by atoms with Crippen molar-refractivity contribution in [3.05, 3.63) is 52.3 Å². The molecule has 2 heterocycles. The number of hydrogen-bond acceptors (Lipinski definition) is 4. The van der Waals surface area contributed by atoms with Crippen molar-refractivity contribution in [2.45, 2.75) is 13.5 Å². The third-order valence-electron chi connectivity index (χ3n) is 4.18. The summed E-state index contributed by atoms with van der Waals surface area (Å²) in [6.45, 7) is 1.81. The summed E-state index contributed by atoms with van der Waals surface area (Å²) in [6.07, 6.45) is 0.